The number of aliphatic hydroxyl groups excluding tert-OH is 1. The monoisotopic (exact) mass is 309 g/mol. The second kappa shape index (κ2) is 6.41. The molecule has 1 heterocycles. The second-order valence-electron chi connectivity index (χ2n) is 5.01. The standard InChI is InChI=1S/C17H15N3O3/c21-11-10-19-16(18-12-17(19)20(22)23)9-8-14-6-3-5-13-4-1-2-7-15(13)14/h1-9,12,21H,10-11H2. The van der Waals surface area contributed by atoms with Gasteiger partial charge >= 0.3 is 5.82 Å². The van der Waals surface area contributed by atoms with E-state index >= 15 is 0 Å². The van der Waals surface area contributed by atoms with Gasteiger partial charge in [0, 0.05) is 6.08 Å². The summed E-state index contributed by atoms with van der Waals surface area (Å²) >= 11 is 0. The molecule has 0 bridgehead atoms. The number of fused-ring (bicyclic) bond motifs is 1. The van der Waals surface area contributed by atoms with Gasteiger partial charge in [0.15, 0.2) is 0 Å². The van der Waals surface area contributed by atoms with E-state index in [9.17, 15) is 10.1 Å². The van der Waals surface area contributed by atoms with Gasteiger partial charge in [0.2, 0.25) is 5.82 Å². The first-order valence-corrected chi connectivity index (χ1v) is 7.17. The zero-order valence-corrected chi connectivity index (χ0v) is 12.3. The van der Waals surface area contributed by atoms with Crippen LogP contribution in [0.1, 0.15) is 11.4 Å². The number of nitro groups is 1. The van der Waals surface area contributed by atoms with Crippen molar-refractivity contribution >= 4 is 28.7 Å². The fourth-order valence-corrected chi connectivity index (χ4v) is 2.55. The van der Waals surface area contributed by atoms with Crippen LogP contribution in [0, 0.1) is 10.1 Å². The minimum absolute atomic E-state index is 0.128. The molecule has 116 valence electrons. The molecule has 1 aromatic heterocycles. The maximum atomic E-state index is 11.0. The predicted molar refractivity (Wildman–Crippen MR) is 88.8 cm³/mol. The first kappa shape index (κ1) is 14.9. The van der Waals surface area contributed by atoms with Gasteiger partial charge in [0.1, 0.15) is 12.7 Å². The lowest BCUT2D eigenvalue weighted by Gasteiger charge is -2.02. The van der Waals surface area contributed by atoms with Crippen molar-refractivity contribution in [3.05, 3.63) is 70.2 Å². The summed E-state index contributed by atoms with van der Waals surface area (Å²) in [4.78, 5) is 14.6. The van der Waals surface area contributed by atoms with E-state index in [0.29, 0.717) is 5.82 Å². The fraction of sp³-hybridized carbons (Fsp3) is 0.118. The Labute approximate surface area is 132 Å². The van der Waals surface area contributed by atoms with Crippen LogP contribution in [-0.2, 0) is 6.54 Å². The maximum Gasteiger partial charge on any atom is 0.343 e. The Kier molecular flexibility index (Phi) is 4.16. The van der Waals surface area contributed by atoms with Crippen molar-refractivity contribution in [1.29, 1.82) is 0 Å². The van der Waals surface area contributed by atoms with Gasteiger partial charge in [-0.05, 0) is 27.3 Å². The highest BCUT2D eigenvalue weighted by Gasteiger charge is 2.17. The van der Waals surface area contributed by atoms with Gasteiger partial charge in [-0.1, -0.05) is 42.5 Å². The molecule has 3 rings (SSSR count). The lowest BCUT2D eigenvalue weighted by Crippen LogP contribution is -2.07. The number of hydrogen-bond acceptors (Lipinski definition) is 4. The molecule has 6 heteroatoms. The highest BCUT2D eigenvalue weighted by Crippen LogP contribution is 2.21. The molecule has 0 aliphatic heterocycles. The summed E-state index contributed by atoms with van der Waals surface area (Å²) in [6.45, 7) is -0.0577. The molecule has 6 nitrogen and oxygen atoms in total. The summed E-state index contributed by atoms with van der Waals surface area (Å²) in [5.74, 6) is 0.315. The number of aliphatic hydroxyl groups is 1. The molecule has 0 aliphatic carbocycles. The number of aromatic nitrogens is 2. The van der Waals surface area contributed by atoms with Crippen LogP contribution in [0.4, 0.5) is 5.82 Å². The van der Waals surface area contributed by atoms with Crippen molar-refractivity contribution in [2.24, 2.45) is 0 Å². The molecule has 1 N–H and O–H groups in total. The molecule has 23 heavy (non-hydrogen) atoms. The molecular formula is C17H15N3O3. The highest BCUT2D eigenvalue weighted by atomic mass is 16.6. The van der Waals surface area contributed by atoms with Crippen LogP contribution in [0.5, 0.6) is 0 Å². The molecule has 2 aromatic carbocycles. The third-order valence-electron chi connectivity index (χ3n) is 3.61. The van der Waals surface area contributed by atoms with Crippen LogP contribution in [0.25, 0.3) is 22.9 Å². The molecule has 0 radical (unpaired) electrons. The van der Waals surface area contributed by atoms with Gasteiger partial charge in [0.25, 0.3) is 0 Å². The summed E-state index contributed by atoms with van der Waals surface area (Å²) in [6.07, 6.45) is 4.81. The zero-order valence-electron chi connectivity index (χ0n) is 12.3. The van der Waals surface area contributed by atoms with E-state index < -0.39 is 4.92 Å². The van der Waals surface area contributed by atoms with Gasteiger partial charge in [0.05, 0.1) is 6.61 Å². The average molecular weight is 309 g/mol. The minimum atomic E-state index is -0.502. The van der Waals surface area contributed by atoms with E-state index in [1.54, 1.807) is 6.08 Å². The van der Waals surface area contributed by atoms with Crippen LogP contribution < -0.4 is 0 Å². The van der Waals surface area contributed by atoms with Crippen molar-refractivity contribution in [3.63, 3.8) is 0 Å². The van der Waals surface area contributed by atoms with Crippen LogP contribution in [0.2, 0.25) is 0 Å². The van der Waals surface area contributed by atoms with Crippen molar-refractivity contribution < 1.29 is 10.0 Å². The summed E-state index contributed by atoms with van der Waals surface area (Å²) in [5, 5.41) is 22.3. The third kappa shape index (κ3) is 2.97. The molecule has 0 unspecified atom stereocenters. The quantitative estimate of drug-likeness (QED) is 0.580. The number of rotatable bonds is 5. The van der Waals surface area contributed by atoms with Crippen molar-refractivity contribution in [3.8, 4) is 0 Å². The molecule has 3 aromatic rings. The Morgan fingerprint density at radius 3 is 2.74 bits per heavy atom. The van der Waals surface area contributed by atoms with Gasteiger partial charge in [-0.3, -0.25) is 0 Å². The molecule has 0 atom stereocenters. The van der Waals surface area contributed by atoms with Crippen molar-refractivity contribution in [2.75, 3.05) is 6.61 Å². The molecular weight excluding hydrogens is 294 g/mol. The first-order valence-electron chi connectivity index (χ1n) is 7.17. The topological polar surface area (TPSA) is 81.2 Å². The predicted octanol–water partition coefficient (Wildman–Crippen LogP) is 3.11. The van der Waals surface area contributed by atoms with Crippen LogP contribution >= 0.6 is 0 Å². The number of hydrogen-bond donors (Lipinski definition) is 1. The molecule has 0 aliphatic rings. The third-order valence-corrected chi connectivity index (χ3v) is 3.61. The van der Waals surface area contributed by atoms with Crippen molar-refractivity contribution in [1.82, 2.24) is 9.55 Å². The van der Waals surface area contributed by atoms with Gasteiger partial charge in [-0.25, -0.2) is 9.55 Å². The highest BCUT2D eigenvalue weighted by molar-refractivity contribution is 5.92. The maximum absolute atomic E-state index is 11.0. The molecule has 0 amide bonds. The smallest absolute Gasteiger partial charge is 0.343 e. The van der Waals surface area contributed by atoms with Crippen LogP contribution in [0.3, 0.4) is 0 Å². The summed E-state index contributed by atoms with van der Waals surface area (Å²) in [6, 6.07) is 14.0. The fourth-order valence-electron chi connectivity index (χ4n) is 2.55. The summed E-state index contributed by atoms with van der Waals surface area (Å²) < 4.78 is 1.39. The Hall–Kier alpha value is -2.99. The van der Waals surface area contributed by atoms with E-state index in [1.165, 1.54) is 10.8 Å². The van der Waals surface area contributed by atoms with E-state index in [2.05, 4.69) is 4.98 Å². The Balaban J connectivity index is 2.01. The first-order chi connectivity index (χ1) is 11.2. The van der Waals surface area contributed by atoms with Crippen LogP contribution in [0.15, 0.2) is 48.7 Å². The number of benzene rings is 2. The number of imidazole rings is 1. The molecule has 0 spiro atoms. The SMILES string of the molecule is O=[N+]([O-])c1cnc(C=Cc2cccc3ccccc23)n1CCO. The van der Waals surface area contributed by atoms with E-state index in [4.69, 9.17) is 5.11 Å². The van der Waals surface area contributed by atoms with Gasteiger partial charge < -0.3 is 15.2 Å². The van der Waals surface area contributed by atoms with E-state index in [-0.39, 0.29) is 19.0 Å². The normalized spacial score (nSPS) is 11.3. The average Bonchev–Trinajstić information content (AvgIpc) is 2.96. The van der Waals surface area contributed by atoms with E-state index in [0.717, 1.165) is 16.3 Å². The lowest BCUT2D eigenvalue weighted by atomic mass is 10.0. The zero-order chi connectivity index (χ0) is 16.2. The lowest BCUT2D eigenvalue weighted by molar-refractivity contribution is -0.392. The molecule has 0 fully saturated rings. The Morgan fingerprint density at radius 1 is 1.17 bits per heavy atom. The second-order valence-corrected chi connectivity index (χ2v) is 5.01. The van der Waals surface area contributed by atoms with Gasteiger partial charge in [-0.15, -0.1) is 0 Å². The minimum Gasteiger partial charge on any atom is -0.392 e. The Morgan fingerprint density at radius 2 is 1.96 bits per heavy atom. The van der Waals surface area contributed by atoms with Crippen LogP contribution in [-0.4, -0.2) is 26.2 Å². The summed E-state index contributed by atoms with van der Waals surface area (Å²) in [7, 11) is 0. The van der Waals surface area contributed by atoms with E-state index in [1.807, 2.05) is 48.5 Å². The molecule has 0 saturated carbocycles. The largest absolute Gasteiger partial charge is 0.392 e. The Bertz CT molecular complexity index is 878. The van der Waals surface area contributed by atoms with Gasteiger partial charge in [-0.2, -0.15) is 0 Å². The number of nitrogens with zero attached hydrogens (tertiary/aromatic N) is 3. The molecule has 0 saturated heterocycles. The van der Waals surface area contributed by atoms with Crippen molar-refractivity contribution in [2.45, 2.75) is 6.54 Å². The summed E-state index contributed by atoms with van der Waals surface area (Å²) in [5.41, 5.74) is 1.00.